The predicted molar refractivity (Wildman–Crippen MR) is 74.7 cm³/mol. The minimum Gasteiger partial charge on any atom is -0.390 e. The van der Waals surface area contributed by atoms with Crippen molar-refractivity contribution in [3.63, 3.8) is 0 Å². The summed E-state index contributed by atoms with van der Waals surface area (Å²) in [7, 11) is 1.78. The molecule has 1 saturated heterocycles. The largest absolute Gasteiger partial charge is 0.405 e. The monoisotopic (exact) mass is 276 g/mol. The van der Waals surface area contributed by atoms with Gasteiger partial charge in [0.25, 0.3) is 0 Å². The van der Waals surface area contributed by atoms with Gasteiger partial charge in [-0.1, -0.05) is 0 Å². The second-order valence-electron chi connectivity index (χ2n) is 4.07. The van der Waals surface area contributed by atoms with Crippen LogP contribution in [0.4, 0.5) is 0 Å². The first-order valence-electron chi connectivity index (χ1n) is 6.02. The van der Waals surface area contributed by atoms with Crippen LogP contribution >= 0.6 is 11.8 Å². The first-order chi connectivity index (χ1) is 8.62. The van der Waals surface area contributed by atoms with Crippen LogP contribution in [0.2, 0.25) is 0 Å². The summed E-state index contributed by atoms with van der Waals surface area (Å²) in [6.07, 6.45) is -1.67. The van der Waals surface area contributed by atoms with E-state index in [-0.39, 0.29) is 5.44 Å². The highest BCUT2D eigenvalue weighted by molar-refractivity contribution is 8.14. The summed E-state index contributed by atoms with van der Waals surface area (Å²) in [5.74, 6) is 0. The van der Waals surface area contributed by atoms with Gasteiger partial charge >= 0.3 is 5.17 Å². The molecule has 1 rings (SSSR count). The van der Waals surface area contributed by atoms with Crippen LogP contribution in [0.25, 0.3) is 0 Å². The highest BCUT2D eigenvalue weighted by Gasteiger charge is 2.38. The summed E-state index contributed by atoms with van der Waals surface area (Å²) in [4.78, 5) is 0. The number of nitrogens with zero attached hydrogens (tertiary/aromatic N) is 1. The molecule has 1 aliphatic rings. The van der Waals surface area contributed by atoms with Crippen LogP contribution < -0.4 is 15.3 Å². The molecular weight excluding hydrogens is 254 g/mol. The Morgan fingerprint density at radius 1 is 1.56 bits per heavy atom. The quantitative estimate of drug-likeness (QED) is 0.284. The van der Waals surface area contributed by atoms with E-state index < -0.39 is 18.3 Å². The summed E-state index contributed by atoms with van der Waals surface area (Å²) in [6.45, 7) is 6.70. The number of hydrogen-bond donors (Lipinski definition) is 4. The van der Waals surface area contributed by atoms with E-state index in [0.29, 0.717) is 18.1 Å². The Morgan fingerprint density at radius 2 is 2.28 bits per heavy atom. The molecule has 4 N–H and O–H groups in total. The second-order valence-corrected chi connectivity index (χ2v) is 5.22. The smallest absolute Gasteiger partial charge is 0.390 e. The Balaban J connectivity index is 2.59. The van der Waals surface area contributed by atoms with Gasteiger partial charge in [-0.3, -0.25) is 5.32 Å². The Labute approximate surface area is 112 Å². The molecule has 4 unspecified atom stereocenters. The van der Waals surface area contributed by atoms with Crippen molar-refractivity contribution >= 4 is 23.6 Å². The SMILES string of the molecule is C=[N+]=C(NCC)SC1CC(O)C(O)C(CNC)O1. The molecule has 0 radical (unpaired) electrons. The number of ether oxygens (including phenoxy) is 1. The first kappa shape index (κ1) is 15.5. The van der Waals surface area contributed by atoms with E-state index in [0.717, 1.165) is 6.54 Å². The van der Waals surface area contributed by atoms with Crippen LogP contribution in [0.5, 0.6) is 0 Å². The summed E-state index contributed by atoms with van der Waals surface area (Å²) in [5.41, 5.74) is -0.235. The molecule has 7 heteroatoms. The molecule has 0 spiro atoms. The van der Waals surface area contributed by atoms with Gasteiger partial charge in [0.05, 0.1) is 18.8 Å². The Kier molecular flexibility index (Phi) is 6.70. The zero-order valence-electron chi connectivity index (χ0n) is 10.8. The Morgan fingerprint density at radius 3 is 2.83 bits per heavy atom. The van der Waals surface area contributed by atoms with Crippen LogP contribution in [0, 0.1) is 0 Å². The Bertz CT molecular complexity index is 310. The van der Waals surface area contributed by atoms with Crippen LogP contribution in [-0.4, -0.2) is 66.0 Å². The van der Waals surface area contributed by atoms with Crippen molar-refractivity contribution in [2.45, 2.75) is 37.1 Å². The number of hydrogen-bond acceptors (Lipinski definition) is 5. The average Bonchev–Trinajstić information content (AvgIpc) is 2.35. The van der Waals surface area contributed by atoms with E-state index >= 15 is 0 Å². The summed E-state index contributed by atoms with van der Waals surface area (Å²) < 4.78 is 9.60. The van der Waals surface area contributed by atoms with E-state index in [1.54, 1.807) is 7.05 Å². The fourth-order valence-corrected chi connectivity index (χ4v) is 2.81. The standard InChI is InChI=1S/C11H21N3O3S/c1-4-14-11(13-3)18-9-5-7(15)10(16)8(17-9)6-12-2/h7-10,12,15-16H,3-6H2,1-2H3/p+1. The third-order valence-corrected chi connectivity index (χ3v) is 3.72. The lowest BCUT2D eigenvalue weighted by atomic mass is 10.0. The maximum atomic E-state index is 9.81. The highest BCUT2D eigenvalue weighted by Crippen LogP contribution is 2.27. The molecule has 1 aliphatic heterocycles. The number of thioether (sulfide) groups is 1. The number of rotatable bonds is 4. The van der Waals surface area contributed by atoms with Gasteiger partial charge < -0.3 is 20.3 Å². The lowest BCUT2D eigenvalue weighted by Gasteiger charge is -2.36. The van der Waals surface area contributed by atoms with Crippen LogP contribution in [0.1, 0.15) is 13.3 Å². The van der Waals surface area contributed by atoms with Crippen molar-refractivity contribution in [1.29, 1.82) is 0 Å². The lowest BCUT2D eigenvalue weighted by molar-refractivity contribution is -0.142. The maximum absolute atomic E-state index is 9.81. The predicted octanol–water partition coefficient (Wildman–Crippen LogP) is -1.49. The number of nitrogens with one attached hydrogen (secondary N) is 2. The van der Waals surface area contributed by atoms with Gasteiger partial charge in [-0.2, -0.15) is 0 Å². The Hall–Kier alpha value is -0.560. The molecule has 6 nitrogen and oxygen atoms in total. The van der Waals surface area contributed by atoms with Gasteiger partial charge in [-0.15, -0.1) is 0 Å². The molecule has 18 heavy (non-hydrogen) atoms. The van der Waals surface area contributed by atoms with E-state index in [1.165, 1.54) is 11.8 Å². The van der Waals surface area contributed by atoms with E-state index in [2.05, 4.69) is 22.0 Å². The third kappa shape index (κ3) is 4.28. The molecule has 0 aromatic heterocycles. The first-order valence-corrected chi connectivity index (χ1v) is 6.90. The van der Waals surface area contributed by atoms with Crippen molar-refractivity contribution in [2.75, 3.05) is 20.1 Å². The number of aliphatic hydroxyl groups is 2. The van der Waals surface area contributed by atoms with Gasteiger partial charge in [-0.25, -0.2) is 4.67 Å². The summed E-state index contributed by atoms with van der Waals surface area (Å²) in [5, 5.41) is 26.3. The zero-order chi connectivity index (χ0) is 13.5. The van der Waals surface area contributed by atoms with Crippen LogP contribution in [0.15, 0.2) is 0 Å². The zero-order valence-corrected chi connectivity index (χ0v) is 11.6. The molecule has 0 aliphatic carbocycles. The topological polar surface area (TPSA) is 87.9 Å². The van der Waals surface area contributed by atoms with Crippen LogP contribution in [-0.2, 0) is 4.74 Å². The van der Waals surface area contributed by atoms with Gasteiger partial charge in [0.1, 0.15) is 11.5 Å². The van der Waals surface area contributed by atoms with E-state index in [1.807, 2.05) is 6.92 Å². The number of likely N-dealkylation sites (N-methyl/N-ethyl adjacent to an activating group) is 1. The van der Waals surface area contributed by atoms with Gasteiger partial charge in [-0.05, 0) is 14.0 Å². The number of aliphatic hydroxyl groups excluding tert-OH is 2. The average molecular weight is 276 g/mol. The molecule has 0 aromatic carbocycles. The van der Waals surface area contributed by atoms with Crippen molar-refractivity contribution < 1.29 is 14.9 Å². The molecule has 0 amide bonds. The molecule has 1 heterocycles. The fourth-order valence-electron chi connectivity index (χ4n) is 1.77. The molecule has 0 bridgehead atoms. The molecule has 0 saturated carbocycles. The van der Waals surface area contributed by atoms with Crippen molar-refractivity contribution in [3.8, 4) is 0 Å². The normalized spacial score (nSPS) is 31.8. The molecule has 0 aromatic rings. The van der Waals surface area contributed by atoms with Crippen molar-refractivity contribution in [1.82, 2.24) is 15.3 Å². The van der Waals surface area contributed by atoms with Crippen molar-refractivity contribution in [2.24, 2.45) is 0 Å². The second kappa shape index (κ2) is 7.78. The van der Waals surface area contributed by atoms with Gasteiger partial charge in [0.15, 0.2) is 6.72 Å². The molecular formula is C11H22N3O3S+. The minimum absolute atomic E-state index is 0.235. The number of amidine groups is 1. The van der Waals surface area contributed by atoms with Crippen molar-refractivity contribution in [3.05, 3.63) is 0 Å². The van der Waals surface area contributed by atoms with E-state index in [4.69, 9.17) is 4.74 Å². The highest BCUT2D eigenvalue weighted by atomic mass is 32.2. The third-order valence-electron chi connectivity index (χ3n) is 2.66. The summed E-state index contributed by atoms with van der Waals surface area (Å²) in [6, 6.07) is 0. The fraction of sp³-hybridized carbons (Fsp3) is 0.818. The van der Waals surface area contributed by atoms with Gasteiger partial charge in [0.2, 0.25) is 0 Å². The maximum Gasteiger partial charge on any atom is 0.405 e. The van der Waals surface area contributed by atoms with Crippen LogP contribution in [0.3, 0.4) is 0 Å². The molecule has 104 valence electrons. The summed E-state index contributed by atoms with van der Waals surface area (Å²) >= 11 is 1.38. The molecule has 1 fully saturated rings. The molecule has 4 atom stereocenters. The minimum atomic E-state index is -0.853. The van der Waals surface area contributed by atoms with Gasteiger partial charge in [0, 0.05) is 24.7 Å². The lowest BCUT2D eigenvalue weighted by Crippen LogP contribution is -2.51. The van der Waals surface area contributed by atoms with E-state index in [9.17, 15) is 10.2 Å².